The van der Waals surface area contributed by atoms with Gasteiger partial charge < -0.3 is 0 Å². The van der Waals surface area contributed by atoms with Gasteiger partial charge in [-0.05, 0) is 25.2 Å². The van der Waals surface area contributed by atoms with Crippen molar-refractivity contribution in [3.63, 3.8) is 0 Å². The van der Waals surface area contributed by atoms with E-state index in [0.29, 0.717) is 0 Å². The maximum Gasteiger partial charge on any atom is -0.0111 e. The number of hydrogen-bond acceptors (Lipinski definition) is 0. The Labute approximate surface area is 106 Å². The number of hydrogen-bond donors (Lipinski definition) is 0. The maximum absolute atomic E-state index is 3.98. The first-order valence-corrected chi connectivity index (χ1v) is 5.96. The molecule has 100 valence electrons. The SMILES string of the molecule is C.C.C=C1CCC(C)C(=C)C1.CC.CCC. The zero-order valence-electron chi connectivity index (χ0n) is 10.8. The van der Waals surface area contributed by atoms with Crippen LogP contribution in [-0.4, -0.2) is 0 Å². The monoisotopic (exact) mass is 228 g/mol. The van der Waals surface area contributed by atoms with Crippen molar-refractivity contribution in [1.29, 1.82) is 0 Å². The summed E-state index contributed by atoms with van der Waals surface area (Å²) < 4.78 is 0. The van der Waals surface area contributed by atoms with Crippen LogP contribution in [0.5, 0.6) is 0 Å². The zero-order valence-corrected chi connectivity index (χ0v) is 10.8. The van der Waals surface area contributed by atoms with Gasteiger partial charge in [0.05, 0.1) is 0 Å². The second kappa shape index (κ2) is 16.9. The van der Waals surface area contributed by atoms with Crippen LogP contribution in [0.25, 0.3) is 0 Å². The summed E-state index contributed by atoms with van der Waals surface area (Å²) in [5.41, 5.74) is 2.73. The second-order valence-corrected chi connectivity index (χ2v) is 3.73. The molecule has 0 aromatic heterocycles. The lowest BCUT2D eigenvalue weighted by Crippen LogP contribution is -2.06. The fraction of sp³-hybridized carbons (Fsp3) is 0.750. The van der Waals surface area contributed by atoms with Gasteiger partial charge >= 0.3 is 0 Å². The van der Waals surface area contributed by atoms with Crippen molar-refractivity contribution in [3.05, 3.63) is 24.3 Å². The van der Waals surface area contributed by atoms with Crippen molar-refractivity contribution >= 4 is 0 Å². The van der Waals surface area contributed by atoms with Crippen molar-refractivity contribution in [1.82, 2.24) is 0 Å². The Hall–Kier alpha value is -0.520. The van der Waals surface area contributed by atoms with E-state index in [1.165, 1.54) is 30.4 Å². The van der Waals surface area contributed by atoms with Crippen LogP contribution in [0.2, 0.25) is 0 Å². The van der Waals surface area contributed by atoms with Crippen LogP contribution in [0, 0.1) is 5.92 Å². The van der Waals surface area contributed by atoms with Crippen LogP contribution in [-0.2, 0) is 0 Å². The van der Waals surface area contributed by atoms with Gasteiger partial charge in [0, 0.05) is 0 Å². The molecule has 0 heterocycles. The van der Waals surface area contributed by atoms with Gasteiger partial charge in [-0.25, -0.2) is 0 Å². The minimum atomic E-state index is 0. The Balaban J connectivity index is -0.0000000907. The first-order valence-electron chi connectivity index (χ1n) is 5.96. The third-order valence-electron chi connectivity index (χ3n) is 2.10. The van der Waals surface area contributed by atoms with E-state index >= 15 is 0 Å². The minimum absolute atomic E-state index is 0. The molecule has 0 heteroatoms. The van der Waals surface area contributed by atoms with Gasteiger partial charge in [-0.3, -0.25) is 0 Å². The van der Waals surface area contributed by atoms with Crippen LogP contribution >= 0.6 is 0 Å². The third-order valence-corrected chi connectivity index (χ3v) is 2.10. The van der Waals surface area contributed by atoms with Crippen molar-refractivity contribution < 1.29 is 0 Å². The summed E-state index contributed by atoms with van der Waals surface area (Å²) in [4.78, 5) is 0. The zero-order chi connectivity index (χ0) is 11.6. The van der Waals surface area contributed by atoms with E-state index in [9.17, 15) is 0 Å². The van der Waals surface area contributed by atoms with Crippen molar-refractivity contribution in [2.45, 2.75) is 75.2 Å². The smallest absolute Gasteiger partial charge is 0.0111 e. The third kappa shape index (κ3) is 13.5. The topological polar surface area (TPSA) is 0 Å². The molecule has 0 nitrogen and oxygen atoms in total. The van der Waals surface area contributed by atoms with Gasteiger partial charge in [-0.2, -0.15) is 0 Å². The molecule has 1 unspecified atom stereocenters. The van der Waals surface area contributed by atoms with Gasteiger partial charge in [0.15, 0.2) is 0 Å². The highest BCUT2D eigenvalue weighted by molar-refractivity contribution is 5.16. The molecule has 0 radical (unpaired) electrons. The highest BCUT2D eigenvalue weighted by Gasteiger charge is 2.13. The molecule has 1 saturated carbocycles. The fourth-order valence-electron chi connectivity index (χ4n) is 1.21. The largest absolute Gasteiger partial charge is 0.0995 e. The Morgan fingerprint density at radius 1 is 1.12 bits per heavy atom. The van der Waals surface area contributed by atoms with E-state index < -0.39 is 0 Å². The van der Waals surface area contributed by atoms with Crippen LogP contribution < -0.4 is 0 Å². The first-order chi connectivity index (χ1) is 6.61. The molecule has 16 heavy (non-hydrogen) atoms. The highest BCUT2D eigenvalue weighted by Crippen LogP contribution is 2.29. The van der Waals surface area contributed by atoms with E-state index in [4.69, 9.17) is 0 Å². The molecule has 0 bridgehead atoms. The van der Waals surface area contributed by atoms with E-state index in [0.717, 1.165) is 12.3 Å². The molecule has 0 aromatic rings. The van der Waals surface area contributed by atoms with Gasteiger partial charge in [-0.1, -0.05) is 80.2 Å². The molecule has 1 rings (SSSR count). The van der Waals surface area contributed by atoms with E-state index in [1.54, 1.807) is 0 Å². The number of rotatable bonds is 0. The Kier molecular flexibility index (Phi) is 26.0. The Morgan fingerprint density at radius 3 is 1.75 bits per heavy atom. The van der Waals surface area contributed by atoms with Crippen molar-refractivity contribution in [2.75, 3.05) is 0 Å². The second-order valence-electron chi connectivity index (χ2n) is 3.73. The fourth-order valence-corrected chi connectivity index (χ4v) is 1.21. The molecule has 0 N–H and O–H groups in total. The summed E-state index contributed by atoms with van der Waals surface area (Å²) in [6.45, 7) is 18.4. The summed E-state index contributed by atoms with van der Waals surface area (Å²) in [5, 5.41) is 0. The maximum atomic E-state index is 3.98. The highest BCUT2D eigenvalue weighted by atomic mass is 14.2. The first kappa shape index (κ1) is 24.6. The molecule has 1 atom stereocenters. The van der Waals surface area contributed by atoms with Crippen molar-refractivity contribution in [3.8, 4) is 0 Å². The Bertz CT molecular complexity index is 153. The van der Waals surface area contributed by atoms with Gasteiger partial charge in [0.25, 0.3) is 0 Å². The average molecular weight is 228 g/mol. The quantitative estimate of drug-likeness (QED) is 0.408. The summed E-state index contributed by atoms with van der Waals surface area (Å²) in [6, 6.07) is 0. The molecule has 1 fully saturated rings. The van der Waals surface area contributed by atoms with Gasteiger partial charge in [0.2, 0.25) is 0 Å². The van der Waals surface area contributed by atoms with Gasteiger partial charge in [-0.15, -0.1) is 0 Å². The molecule has 0 spiro atoms. The lowest BCUT2D eigenvalue weighted by molar-refractivity contribution is 0.555. The van der Waals surface area contributed by atoms with E-state index in [2.05, 4.69) is 33.9 Å². The predicted octanol–water partition coefficient (Wildman–Crippen LogP) is 6.63. The number of allylic oxidation sites excluding steroid dienone is 2. The molecule has 1 aliphatic rings. The predicted molar refractivity (Wildman–Crippen MR) is 82.1 cm³/mol. The van der Waals surface area contributed by atoms with Crippen LogP contribution in [0.3, 0.4) is 0 Å². The van der Waals surface area contributed by atoms with Crippen LogP contribution in [0.4, 0.5) is 0 Å². The lowest BCUT2D eigenvalue weighted by atomic mass is 9.84. The Morgan fingerprint density at radius 2 is 1.50 bits per heavy atom. The minimum Gasteiger partial charge on any atom is -0.0995 e. The van der Waals surface area contributed by atoms with Crippen LogP contribution in [0.1, 0.15) is 75.2 Å². The molecular formula is C16H36. The van der Waals surface area contributed by atoms with E-state index in [-0.39, 0.29) is 14.9 Å². The summed E-state index contributed by atoms with van der Waals surface area (Å²) in [7, 11) is 0. The summed E-state index contributed by atoms with van der Waals surface area (Å²) >= 11 is 0. The summed E-state index contributed by atoms with van der Waals surface area (Å²) in [6.07, 6.45) is 4.79. The molecule has 0 aliphatic heterocycles. The average Bonchev–Trinajstić information content (AvgIpc) is 2.17. The molecule has 0 aromatic carbocycles. The summed E-state index contributed by atoms with van der Waals surface area (Å²) in [5.74, 6) is 0.732. The lowest BCUT2D eigenvalue weighted by Gasteiger charge is -2.21. The normalized spacial score (nSPS) is 17.7. The van der Waals surface area contributed by atoms with Gasteiger partial charge in [0.1, 0.15) is 0 Å². The molecular weight excluding hydrogens is 192 g/mol. The van der Waals surface area contributed by atoms with Crippen LogP contribution in [0.15, 0.2) is 24.3 Å². The molecule has 0 amide bonds. The standard InChI is InChI=1S/C9H14.C3H8.C2H6.2CH4/c1-7-4-5-8(2)9(3)6-7;1-3-2;1-2;;/h8H,1,3-6H2,2H3;3H2,1-2H3;1-2H3;2*1H4. The van der Waals surface area contributed by atoms with E-state index in [1.807, 2.05) is 13.8 Å². The van der Waals surface area contributed by atoms with Crippen molar-refractivity contribution in [2.24, 2.45) is 5.92 Å². The molecule has 1 aliphatic carbocycles. The molecule has 0 saturated heterocycles.